The molecule has 0 saturated heterocycles. The van der Waals surface area contributed by atoms with Gasteiger partial charge >= 0.3 is 0 Å². The van der Waals surface area contributed by atoms with E-state index in [1.165, 1.54) is 22.4 Å². The molecule has 0 saturated carbocycles. The summed E-state index contributed by atoms with van der Waals surface area (Å²) in [6, 6.07) is 10.4. The van der Waals surface area contributed by atoms with Crippen LogP contribution in [0.5, 0.6) is 11.5 Å². The quantitative estimate of drug-likeness (QED) is 0.712. The first-order valence-electron chi connectivity index (χ1n) is 10.1. The zero-order valence-corrected chi connectivity index (χ0v) is 17.8. The van der Waals surface area contributed by atoms with Crippen molar-refractivity contribution in [3.63, 3.8) is 0 Å². The number of aliphatic hydroxyl groups is 1. The van der Waals surface area contributed by atoms with E-state index in [0.29, 0.717) is 6.42 Å². The van der Waals surface area contributed by atoms with Gasteiger partial charge in [0, 0.05) is 30.3 Å². The monoisotopic (exact) mass is 391 g/mol. The van der Waals surface area contributed by atoms with Gasteiger partial charge in [0.25, 0.3) is 0 Å². The summed E-state index contributed by atoms with van der Waals surface area (Å²) in [6.45, 7) is 6.68. The first-order chi connectivity index (χ1) is 13.9. The molecule has 2 aromatic rings. The number of allylic oxidation sites excluding steroid dienone is 1. The molecule has 0 bridgehead atoms. The summed E-state index contributed by atoms with van der Waals surface area (Å²) in [5, 5.41) is 9.18. The average Bonchev–Trinajstić information content (AvgIpc) is 2.70. The van der Waals surface area contributed by atoms with Gasteiger partial charge in [0.05, 0.1) is 24.8 Å². The number of ether oxygens (including phenoxy) is 2. The number of aliphatic hydroxyl groups excluding tert-OH is 1. The van der Waals surface area contributed by atoms with Gasteiger partial charge < -0.3 is 19.5 Å². The third-order valence-corrected chi connectivity index (χ3v) is 6.10. The van der Waals surface area contributed by atoms with Crippen molar-refractivity contribution >= 4 is 11.3 Å². The molecule has 0 aliphatic carbocycles. The topological polar surface area (TPSA) is 41.9 Å². The van der Waals surface area contributed by atoms with Gasteiger partial charge in [-0.2, -0.15) is 0 Å². The predicted molar refractivity (Wildman–Crippen MR) is 119 cm³/mol. The first kappa shape index (κ1) is 19.6. The summed E-state index contributed by atoms with van der Waals surface area (Å²) < 4.78 is 12.2. The highest BCUT2D eigenvalue weighted by Gasteiger charge is 2.36. The van der Waals surface area contributed by atoms with Crippen molar-refractivity contribution < 1.29 is 14.6 Å². The smallest absolute Gasteiger partial charge is 0.131 e. The van der Waals surface area contributed by atoms with Crippen molar-refractivity contribution in [2.75, 3.05) is 25.7 Å². The Hall–Kier alpha value is -2.72. The zero-order valence-electron chi connectivity index (χ0n) is 17.8. The largest absolute Gasteiger partial charge is 0.496 e. The molecule has 0 aromatic heterocycles. The minimum absolute atomic E-state index is 0.0345. The first-order valence-corrected chi connectivity index (χ1v) is 10.1. The lowest BCUT2D eigenvalue weighted by atomic mass is 9.80. The maximum Gasteiger partial charge on any atom is 0.131 e. The van der Waals surface area contributed by atoms with E-state index in [0.717, 1.165) is 22.6 Å². The number of hydrogen-bond acceptors (Lipinski definition) is 4. The number of hydrogen-bond donors (Lipinski definition) is 1. The number of benzene rings is 2. The van der Waals surface area contributed by atoms with Crippen LogP contribution in [0.15, 0.2) is 48.6 Å². The summed E-state index contributed by atoms with van der Waals surface area (Å²) in [4.78, 5) is 2.33. The molecule has 152 valence electrons. The fourth-order valence-electron chi connectivity index (χ4n) is 4.58. The Morgan fingerprint density at radius 2 is 1.97 bits per heavy atom. The fraction of sp³-hybridized carbons (Fsp3) is 0.360. The highest BCUT2D eigenvalue weighted by Crippen LogP contribution is 2.53. The van der Waals surface area contributed by atoms with Crippen molar-refractivity contribution in [3.05, 3.63) is 59.7 Å². The summed E-state index contributed by atoms with van der Waals surface area (Å²) in [7, 11) is 3.85. The lowest BCUT2D eigenvalue weighted by molar-refractivity contribution is 0.204. The average molecular weight is 392 g/mol. The van der Waals surface area contributed by atoms with Crippen LogP contribution in [-0.2, 0) is 0 Å². The third-order valence-electron chi connectivity index (χ3n) is 6.10. The van der Waals surface area contributed by atoms with E-state index < -0.39 is 0 Å². The Morgan fingerprint density at radius 1 is 1.17 bits per heavy atom. The molecule has 0 amide bonds. The molecule has 2 aromatic carbocycles. The molecule has 0 radical (unpaired) electrons. The molecule has 4 nitrogen and oxygen atoms in total. The van der Waals surface area contributed by atoms with E-state index in [9.17, 15) is 5.11 Å². The van der Waals surface area contributed by atoms with Crippen LogP contribution in [0.3, 0.4) is 0 Å². The van der Waals surface area contributed by atoms with Gasteiger partial charge in [-0.1, -0.05) is 30.4 Å². The maximum atomic E-state index is 9.18. The second-order valence-electron chi connectivity index (χ2n) is 8.29. The number of likely N-dealkylation sites (N-methyl/N-ethyl adjacent to an activating group) is 1. The lowest BCUT2D eigenvalue weighted by Crippen LogP contribution is -2.42. The maximum absolute atomic E-state index is 9.18. The predicted octanol–water partition coefficient (Wildman–Crippen LogP) is 5.37. The van der Waals surface area contributed by atoms with Gasteiger partial charge in [0.2, 0.25) is 0 Å². The highest BCUT2D eigenvalue weighted by molar-refractivity contribution is 5.91. The standard InChI is InChI=1S/C25H29NO3/c1-16-15-25(2,3)26(4)18-13-12-17-23-19(28-5)10-8-11-20(23)29-21(9-6-7-14-27)24(17)22(16)18/h6-8,10-13,15,21,27H,9,14H2,1-5H3/b7-6+. The molecule has 0 spiro atoms. The highest BCUT2D eigenvalue weighted by atomic mass is 16.5. The number of fused-ring (bicyclic) bond motifs is 5. The molecule has 1 unspecified atom stereocenters. The lowest BCUT2D eigenvalue weighted by Gasteiger charge is -2.43. The number of rotatable bonds is 4. The van der Waals surface area contributed by atoms with E-state index in [-0.39, 0.29) is 18.2 Å². The second kappa shape index (κ2) is 7.27. The third kappa shape index (κ3) is 3.12. The minimum Gasteiger partial charge on any atom is -0.496 e. The molecule has 2 heterocycles. The van der Waals surface area contributed by atoms with Gasteiger partial charge in [-0.3, -0.25) is 0 Å². The molecule has 2 aliphatic heterocycles. The van der Waals surface area contributed by atoms with Crippen LogP contribution in [-0.4, -0.2) is 31.4 Å². The van der Waals surface area contributed by atoms with E-state index >= 15 is 0 Å². The number of nitrogens with zero attached hydrogens (tertiary/aromatic N) is 1. The summed E-state index contributed by atoms with van der Waals surface area (Å²) in [5.74, 6) is 1.66. The van der Waals surface area contributed by atoms with Crippen LogP contribution in [0.2, 0.25) is 0 Å². The van der Waals surface area contributed by atoms with Gasteiger partial charge in [-0.25, -0.2) is 0 Å². The normalized spacial score (nSPS) is 19.2. The van der Waals surface area contributed by atoms with E-state index in [2.05, 4.69) is 50.9 Å². The van der Waals surface area contributed by atoms with E-state index in [1.54, 1.807) is 13.2 Å². The Bertz CT molecular complexity index is 1000. The van der Waals surface area contributed by atoms with Gasteiger partial charge in [-0.05, 0) is 50.1 Å². The van der Waals surface area contributed by atoms with Crippen LogP contribution in [0.25, 0.3) is 16.7 Å². The van der Waals surface area contributed by atoms with Crippen molar-refractivity contribution in [1.29, 1.82) is 0 Å². The molecule has 1 atom stereocenters. The molecule has 0 fully saturated rings. The molecule has 1 N–H and O–H groups in total. The molecule has 29 heavy (non-hydrogen) atoms. The molecular formula is C25H29NO3. The minimum atomic E-state index is -0.125. The van der Waals surface area contributed by atoms with Crippen LogP contribution in [0, 0.1) is 0 Å². The SMILES string of the molecule is COc1cccc2c1-c1ccc3c(c1C(C/C=C/CO)O2)C(C)=CC(C)(C)N3C. The fourth-order valence-corrected chi connectivity index (χ4v) is 4.58. The summed E-state index contributed by atoms with van der Waals surface area (Å²) >= 11 is 0. The summed E-state index contributed by atoms with van der Waals surface area (Å²) in [6.07, 6.45) is 6.67. The zero-order chi connectivity index (χ0) is 20.8. The van der Waals surface area contributed by atoms with Crippen molar-refractivity contribution in [1.82, 2.24) is 0 Å². The van der Waals surface area contributed by atoms with E-state index in [1.807, 2.05) is 24.3 Å². The van der Waals surface area contributed by atoms with Crippen LogP contribution < -0.4 is 14.4 Å². The van der Waals surface area contributed by atoms with Crippen molar-refractivity contribution in [3.8, 4) is 22.6 Å². The van der Waals surface area contributed by atoms with Crippen molar-refractivity contribution in [2.24, 2.45) is 0 Å². The van der Waals surface area contributed by atoms with Crippen LogP contribution in [0.1, 0.15) is 44.4 Å². The van der Waals surface area contributed by atoms with Gasteiger partial charge in [0.1, 0.15) is 17.6 Å². The second-order valence-corrected chi connectivity index (χ2v) is 8.29. The Kier molecular flexibility index (Phi) is 4.91. The van der Waals surface area contributed by atoms with E-state index in [4.69, 9.17) is 9.47 Å². The number of anilines is 1. The van der Waals surface area contributed by atoms with Crippen LogP contribution in [0.4, 0.5) is 5.69 Å². The number of methoxy groups -OCH3 is 1. The summed E-state index contributed by atoms with van der Waals surface area (Å²) in [5.41, 5.74) is 7.02. The molecular weight excluding hydrogens is 362 g/mol. The Labute approximate surface area is 173 Å². The Morgan fingerprint density at radius 3 is 2.69 bits per heavy atom. The molecule has 2 aliphatic rings. The van der Waals surface area contributed by atoms with Gasteiger partial charge in [-0.15, -0.1) is 0 Å². The van der Waals surface area contributed by atoms with Crippen molar-refractivity contribution in [2.45, 2.75) is 38.8 Å². The van der Waals surface area contributed by atoms with Gasteiger partial charge in [0.15, 0.2) is 0 Å². The molecule has 4 rings (SSSR count). The Balaban J connectivity index is 1.99. The molecule has 4 heteroatoms. The van der Waals surface area contributed by atoms with Crippen LogP contribution >= 0.6 is 0 Å².